The largest absolute Gasteiger partial charge is 0.490 e. The Balaban J connectivity index is 1.38. The predicted molar refractivity (Wildman–Crippen MR) is 110 cm³/mol. The summed E-state index contributed by atoms with van der Waals surface area (Å²) in [6, 6.07) is 15.4. The molecule has 1 aliphatic heterocycles. The molecule has 1 saturated heterocycles. The molecule has 8 heteroatoms. The summed E-state index contributed by atoms with van der Waals surface area (Å²) in [4.78, 5) is 12.2. The smallest absolute Gasteiger partial charge is 0.306 e. The first-order valence-electron chi connectivity index (χ1n) is 9.87. The fraction of sp³-hybridized carbons (Fsp3) is 0.364. The molecule has 0 N–H and O–H groups in total. The van der Waals surface area contributed by atoms with Gasteiger partial charge in [0.2, 0.25) is 10.0 Å². The van der Waals surface area contributed by atoms with Crippen molar-refractivity contribution < 1.29 is 22.7 Å². The summed E-state index contributed by atoms with van der Waals surface area (Å²) in [5, 5.41) is 8.75. The molecule has 7 nitrogen and oxygen atoms in total. The molecule has 30 heavy (non-hydrogen) atoms. The van der Waals surface area contributed by atoms with Crippen molar-refractivity contribution in [2.45, 2.75) is 30.6 Å². The van der Waals surface area contributed by atoms with E-state index in [0.29, 0.717) is 30.8 Å². The summed E-state index contributed by atoms with van der Waals surface area (Å²) < 4.78 is 37.2. The van der Waals surface area contributed by atoms with Crippen LogP contribution in [0.15, 0.2) is 53.4 Å². The van der Waals surface area contributed by atoms with Crippen molar-refractivity contribution >= 4 is 16.0 Å². The quantitative estimate of drug-likeness (QED) is 0.450. The fourth-order valence-electron chi connectivity index (χ4n) is 3.16. The van der Waals surface area contributed by atoms with Crippen LogP contribution < -0.4 is 4.74 Å². The van der Waals surface area contributed by atoms with Gasteiger partial charge in [-0.3, -0.25) is 4.79 Å². The van der Waals surface area contributed by atoms with Crippen LogP contribution >= 0.6 is 0 Å². The maximum Gasteiger partial charge on any atom is 0.306 e. The molecule has 0 bridgehead atoms. The molecule has 2 aromatic rings. The van der Waals surface area contributed by atoms with Crippen molar-refractivity contribution in [1.29, 1.82) is 5.26 Å². The lowest BCUT2D eigenvalue weighted by molar-refractivity contribution is -0.144. The van der Waals surface area contributed by atoms with Crippen LogP contribution in [0.3, 0.4) is 0 Å². The number of benzene rings is 2. The molecule has 0 saturated carbocycles. The highest BCUT2D eigenvalue weighted by molar-refractivity contribution is 7.89. The lowest BCUT2D eigenvalue weighted by atomic mass is 10.1. The summed E-state index contributed by atoms with van der Waals surface area (Å²) in [6.45, 7) is 1.50. The van der Waals surface area contributed by atoms with Gasteiger partial charge in [-0.05, 0) is 61.2 Å². The van der Waals surface area contributed by atoms with E-state index in [1.54, 1.807) is 48.5 Å². The fourth-order valence-corrected chi connectivity index (χ4v) is 4.68. The summed E-state index contributed by atoms with van der Waals surface area (Å²) in [5.41, 5.74) is 1.43. The molecule has 0 aromatic heterocycles. The first kappa shape index (κ1) is 21.8. The molecular formula is C22H24N2O5S. The van der Waals surface area contributed by atoms with E-state index >= 15 is 0 Å². The van der Waals surface area contributed by atoms with Gasteiger partial charge in [0.1, 0.15) is 19.0 Å². The lowest BCUT2D eigenvalue weighted by Crippen LogP contribution is -2.27. The number of sulfonamides is 1. The van der Waals surface area contributed by atoms with E-state index in [0.717, 1.165) is 18.4 Å². The third kappa shape index (κ3) is 5.81. The van der Waals surface area contributed by atoms with Crippen LogP contribution in [-0.4, -0.2) is 45.0 Å². The van der Waals surface area contributed by atoms with Crippen LogP contribution in [0, 0.1) is 11.3 Å². The zero-order valence-electron chi connectivity index (χ0n) is 16.6. The SMILES string of the molecule is N#Cc1ccc(OCCOC(=O)CCc2ccc(S(=O)(=O)N3CCCC3)cc2)cc1. The van der Waals surface area contributed by atoms with Crippen molar-refractivity contribution in [3.05, 3.63) is 59.7 Å². The molecule has 1 aliphatic rings. The van der Waals surface area contributed by atoms with Gasteiger partial charge in [-0.25, -0.2) is 8.42 Å². The highest BCUT2D eigenvalue weighted by Crippen LogP contribution is 2.21. The van der Waals surface area contributed by atoms with Gasteiger partial charge in [0.05, 0.1) is 16.5 Å². The Morgan fingerprint density at radius 1 is 1.00 bits per heavy atom. The van der Waals surface area contributed by atoms with Crippen LogP contribution in [0.1, 0.15) is 30.4 Å². The number of hydrogen-bond donors (Lipinski definition) is 0. The minimum Gasteiger partial charge on any atom is -0.490 e. The number of hydrogen-bond acceptors (Lipinski definition) is 6. The Hall–Kier alpha value is -2.89. The Morgan fingerprint density at radius 2 is 1.67 bits per heavy atom. The normalized spacial score (nSPS) is 14.2. The number of ether oxygens (including phenoxy) is 2. The van der Waals surface area contributed by atoms with E-state index in [-0.39, 0.29) is 30.5 Å². The minimum atomic E-state index is -3.42. The standard InChI is InChI=1S/C22H24N2O5S/c23-17-19-3-8-20(9-4-19)28-15-16-29-22(25)12-7-18-5-10-21(11-6-18)30(26,27)24-13-1-2-14-24/h3-6,8-11H,1-2,7,12-16H2. The third-order valence-electron chi connectivity index (χ3n) is 4.84. The average Bonchev–Trinajstić information content (AvgIpc) is 3.32. The van der Waals surface area contributed by atoms with E-state index in [9.17, 15) is 13.2 Å². The molecule has 1 fully saturated rings. The zero-order chi connectivity index (χ0) is 21.4. The number of carbonyl (C=O) groups is 1. The number of carbonyl (C=O) groups excluding carboxylic acids is 1. The van der Waals surface area contributed by atoms with Gasteiger partial charge in [0.25, 0.3) is 0 Å². The summed E-state index contributed by atoms with van der Waals surface area (Å²) in [7, 11) is -3.42. The van der Waals surface area contributed by atoms with E-state index in [2.05, 4.69) is 0 Å². The van der Waals surface area contributed by atoms with Crippen molar-refractivity contribution in [3.63, 3.8) is 0 Å². The molecule has 0 radical (unpaired) electrons. The van der Waals surface area contributed by atoms with Crippen LogP contribution in [0.2, 0.25) is 0 Å². The van der Waals surface area contributed by atoms with Crippen molar-refractivity contribution in [3.8, 4) is 11.8 Å². The molecule has 1 heterocycles. The van der Waals surface area contributed by atoms with Gasteiger partial charge in [-0.15, -0.1) is 0 Å². The Bertz CT molecular complexity index is 989. The molecule has 158 valence electrons. The number of nitriles is 1. The summed E-state index contributed by atoms with van der Waals surface area (Å²) in [6.07, 6.45) is 2.48. The van der Waals surface area contributed by atoms with E-state index < -0.39 is 10.0 Å². The van der Waals surface area contributed by atoms with Gasteiger partial charge in [-0.2, -0.15) is 9.57 Å². The predicted octanol–water partition coefficient (Wildman–Crippen LogP) is 2.90. The molecule has 0 atom stereocenters. The highest BCUT2D eigenvalue weighted by Gasteiger charge is 2.26. The van der Waals surface area contributed by atoms with Gasteiger partial charge in [0, 0.05) is 19.5 Å². The Kier molecular flexibility index (Phi) is 7.44. The zero-order valence-corrected chi connectivity index (χ0v) is 17.4. The average molecular weight is 429 g/mol. The molecular weight excluding hydrogens is 404 g/mol. The monoisotopic (exact) mass is 428 g/mol. The Labute approximate surface area is 176 Å². The van der Waals surface area contributed by atoms with Crippen LogP contribution in [0.25, 0.3) is 0 Å². The highest BCUT2D eigenvalue weighted by atomic mass is 32.2. The molecule has 3 rings (SSSR count). The number of aryl methyl sites for hydroxylation is 1. The van der Waals surface area contributed by atoms with Gasteiger partial charge >= 0.3 is 5.97 Å². The van der Waals surface area contributed by atoms with Gasteiger partial charge in [-0.1, -0.05) is 12.1 Å². The molecule has 2 aromatic carbocycles. The minimum absolute atomic E-state index is 0.131. The number of nitrogens with zero attached hydrogens (tertiary/aromatic N) is 2. The second kappa shape index (κ2) is 10.2. The van der Waals surface area contributed by atoms with E-state index in [1.165, 1.54) is 4.31 Å². The molecule has 0 unspecified atom stereocenters. The first-order chi connectivity index (χ1) is 14.5. The van der Waals surface area contributed by atoms with E-state index in [1.807, 2.05) is 6.07 Å². The van der Waals surface area contributed by atoms with E-state index in [4.69, 9.17) is 14.7 Å². The number of rotatable bonds is 9. The maximum absolute atomic E-state index is 12.5. The van der Waals surface area contributed by atoms with Crippen LogP contribution in [0.5, 0.6) is 5.75 Å². The summed E-state index contributed by atoms with van der Waals surface area (Å²) >= 11 is 0. The topological polar surface area (TPSA) is 96.7 Å². The van der Waals surface area contributed by atoms with Crippen LogP contribution in [-0.2, 0) is 26.0 Å². The molecule has 0 amide bonds. The number of esters is 1. The lowest BCUT2D eigenvalue weighted by Gasteiger charge is -2.15. The van der Waals surface area contributed by atoms with Gasteiger partial charge < -0.3 is 9.47 Å². The summed E-state index contributed by atoms with van der Waals surface area (Å²) in [5.74, 6) is 0.265. The van der Waals surface area contributed by atoms with Crippen molar-refractivity contribution in [2.75, 3.05) is 26.3 Å². The molecule has 0 spiro atoms. The van der Waals surface area contributed by atoms with Gasteiger partial charge in [0.15, 0.2) is 0 Å². The first-order valence-corrected chi connectivity index (χ1v) is 11.3. The third-order valence-corrected chi connectivity index (χ3v) is 6.76. The van der Waals surface area contributed by atoms with Crippen molar-refractivity contribution in [1.82, 2.24) is 4.31 Å². The molecule has 0 aliphatic carbocycles. The maximum atomic E-state index is 12.5. The second-order valence-electron chi connectivity index (χ2n) is 6.96. The van der Waals surface area contributed by atoms with Crippen molar-refractivity contribution in [2.24, 2.45) is 0 Å². The Morgan fingerprint density at radius 3 is 2.30 bits per heavy atom. The second-order valence-corrected chi connectivity index (χ2v) is 8.90. The van der Waals surface area contributed by atoms with Crippen LogP contribution in [0.4, 0.5) is 0 Å².